The van der Waals surface area contributed by atoms with Crippen molar-refractivity contribution in [1.29, 1.82) is 0 Å². The van der Waals surface area contributed by atoms with Gasteiger partial charge in [-0.15, -0.1) is 0 Å². The number of pyridine rings is 1. The van der Waals surface area contributed by atoms with Crippen molar-refractivity contribution in [2.75, 3.05) is 16.9 Å². The molecule has 30 heavy (non-hydrogen) atoms. The number of anilines is 2. The maximum Gasteiger partial charge on any atom is 0.257 e. The molecular formula is C21H20N8O. The van der Waals surface area contributed by atoms with E-state index in [9.17, 15) is 4.79 Å². The highest BCUT2D eigenvalue weighted by Gasteiger charge is 2.14. The van der Waals surface area contributed by atoms with Gasteiger partial charge in [-0.1, -0.05) is 0 Å². The van der Waals surface area contributed by atoms with Crippen molar-refractivity contribution >= 4 is 34.7 Å². The number of aromatic amines is 1. The minimum absolute atomic E-state index is 0.222. The lowest BCUT2D eigenvalue weighted by Gasteiger charge is -2.12. The largest absolute Gasteiger partial charge is 0.337 e. The second kappa shape index (κ2) is 7.11. The zero-order chi connectivity index (χ0) is 20.7. The van der Waals surface area contributed by atoms with Crippen LogP contribution < -0.4 is 10.3 Å². The Morgan fingerprint density at radius 2 is 2.10 bits per heavy atom. The summed E-state index contributed by atoms with van der Waals surface area (Å²) in [6.07, 6.45) is 4.33. The van der Waals surface area contributed by atoms with Crippen LogP contribution in [0.2, 0.25) is 0 Å². The molecule has 9 nitrogen and oxygen atoms in total. The third kappa shape index (κ3) is 3.30. The quantitative estimate of drug-likeness (QED) is 0.548. The van der Waals surface area contributed by atoms with Crippen LogP contribution in [0.4, 0.5) is 11.5 Å². The van der Waals surface area contributed by atoms with E-state index in [1.165, 1.54) is 0 Å². The van der Waals surface area contributed by atoms with Gasteiger partial charge >= 0.3 is 0 Å². The molecule has 1 amide bonds. The molecule has 4 heterocycles. The summed E-state index contributed by atoms with van der Waals surface area (Å²) in [6, 6.07) is 11.1. The Hall–Kier alpha value is -4.01. The minimum atomic E-state index is -0.222. The van der Waals surface area contributed by atoms with Crippen molar-refractivity contribution in [3.63, 3.8) is 0 Å². The van der Waals surface area contributed by atoms with Gasteiger partial charge in [-0.3, -0.25) is 9.48 Å². The average molecular weight is 400 g/mol. The number of fused-ring (bicyclic) bond motifs is 1. The molecule has 1 aliphatic heterocycles. The van der Waals surface area contributed by atoms with Gasteiger partial charge in [-0.2, -0.15) is 10.2 Å². The summed E-state index contributed by atoms with van der Waals surface area (Å²) in [5, 5.41) is 13.3. The number of amides is 1. The fourth-order valence-corrected chi connectivity index (χ4v) is 3.48. The molecule has 1 aromatic carbocycles. The molecular weight excluding hydrogens is 380 g/mol. The molecule has 0 radical (unpaired) electrons. The van der Waals surface area contributed by atoms with Crippen molar-refractivity contribution in [3.8, 4) is 11.5 Å². The van der Waals surface area contributed by atoms with E-state index in [0.717, 1.165) is 47.0 Å². The molecule has 1 aliphatic rings. The lowest BCUT2D eigenvalue weighted by Crippen LogP contribution is -2.15. The Balaban J connectivity index is 1.35. The number of H-pyrrole nitrogens is 1. The van der Waals surface area contributed by atoms with Crippen LogP contribution in [0.5, 0.6) is 0 Å². The summed E-state index contributed by atoms with van der Waals surface area (Å²) in [5.41, 5.74) is 4.65. The third-order valence-corrected chi connectivity index (χ3v) is 4.95. The predicted octanol–water partition coefficient (Wildman–Crippen LogP) is 3.12. The normalized spacial score (nSPS) is 13.3. The van der Waals surface area contributed by atoms with Gasteiger partial charge in [0.15, 0.2) is 5.82 Å². The topological polar surface area (TPSA) is 104 Å². The first-order chi connectivity index (χ1) is 14.6. The van der Waals surface area contributed by atoms with Crippen molar-refractivity contribution in [1.82, 2.24) is 24.7 Å². The monoisotopic (exact) mass is 400 g/mol. The average Bonchev–Trinajstić information content (AvgIpc) is 3.47. The summed E-state index contributed by atoms with van der Waals surface area (Å²) < 4.78 is 1.79. The van der Waals surface area contributed by atoms with Gasteiger partial charge in [-0.25, -0.2) is 15.0 Å². The number of hydrogen-bond donors (Lipinski definition) is 2. The first-order valence-corrected chi connectivity index (χ1v) is 9.65. The van der Waals surface area contributed by atoms with E-state index < -0.39 is 0 Å². The standard InChI is InChI=1S/C21H20N8O/c1-13-10-18(28(2)27-13)20-25-16-6-5-15(11-17(16)26-20)24-21(30)14-4-7-19(22-12-14)29-9-3-8-23-29/h4-8,10-12H,3,9H2,1-2H3,(H,24,30)(H,25,26). The molecule has 0 fully saturated rings. The summed E-state index contributed by atoms with van der Waals surface area (Å²) in [6.45, 7) is 2.75. The molecule has 150 valence electrons. The summed E-state index contributed by atoms with van der Waals surface area (Å²) in [7, 11) is 1.89. The number of benzene rings is 1. The minimum Gasteiger partial charge on any atom is -0.337 e. The maximum atomic E-state index is 12.6. The van der Waals surface area contributed by atoms with Crippen LogP contribution in [-0.2, 0) is 7.05 Å². The van der Waals surface area contributed by atoms with Gasteiger partial charge in [-0.05, 0) is 43.3 Å². The van der Waals surface area contributed by atoms with Crippen molar-refractivity contribution in [3.05, 3.63) is 53.9 Å². The fourth-order valence-electron chi connectivity index (χ4n) is 3.48. The van der Waals surface area contributed by atoms with Gasteiger partial charge in [0.05, 0.1) is 22.3 Å². The number of nitrogens with zero attached hydrogens (tertiary/aromatic N) is 6. The highest BCUT2D eigenvalue weighted by atomic mass is 16.1. The van der Waals surface area contributed by atoms with E-state index in [1.807, 2.05) is 49.5 Å². The molecule has 4 aromatic rings. The molecule has 0 saturated carbocycles. The molecule has 3 aromatic heterocycles. The number of hydrogen-bond acceptors (Lipinski definition) is 6. The maximum absolute atomic E-state index is 12.6. The van der Waals surface area contributed by atoms with E-state index in [2.05, 4.69) is 30.5 Å². The van der Waals surface area contributed by atoms with Gasteiger partial charge in [0.2, 0.25) is 0 Å². The molecule has 0 bridgehead atoms. The van der Waals surface area contributed by atoms with E-state index in [-0.39, 0.29) is 5.91 Å². The van der Waals surface area contributed by atoms with E-state index >= 15 is 0 Å². The van der Waals surface area contributed by atoms with Gasteiger partial charge in [0.25, 0.3) is 5.91 Å². The fraction of sp³-hybridized carbons (Fsp3) is 0.190. The number of hydrazone groups is 1. The zero-order valence-electron chi connectivity index (χ0n) is 16.6. The van der Waals surface area contributed by atoms with Crippen LogP contribution in [0.3, 0.4) is 0 Å². The lowest BCUT2D eigenvalue weighted by atomic mass is 10.2. The number of aromatic nitrogens is 5. The van der Waals surface area contributed by atoms with E-state index in [1.54, 1.807) is 23.0 Å². The molecule has 2 N–H and O–H groups in total. The van der Waals surface area contributed by atoms with Crippen LogP contribution in [0.15, 0.2) is 47.7 Å². The zero-order valence-corrected chi connectivity index (χ0v) is 16.6. The molecule has 5 rings (SSSR count). The Labute approximate surface area is 172 Å². The van der Waals surface area contributed by atoms with Crippen LogP contribution >= 0.6 is 0 Å². The van der Waals surface area contributed by atoms with E-state index in [4.69, 9.17) is 0 Å². The second-order valence-electron chi connectivity index (χ2n) is 7.18. The predicted molar refractivity (Wildman–Crippen MR) is 116 cm³/mol. The first-order valence-electron chi connectivity index (χ1n) is 9.65. The van der Waals surface area contributed by atoms with Crippen LogP contribution in [-0.4, -0.2) is 43.4 Å². The van der Waals surface area contributed by atoms with Crippen molar-refractivity contribution in [2.45, 2.75) is 13.3 Å². The lowest BCUT2D eigenvalue weighted by molar-refractivity contribution is 0.102. The molecule has 0 spiro atoms. The van der Waals surface area contributed by atoms with E-state index in [0.29, 0.717) is 11.3 Å². The Morgan fingerprint density at radius 1 is 1.20 bits per heavy atom. The molecule has 0 atom stereocenters. The van der Waals surface area contributed by atoms with Gasteiger partial charge in [0.1, 0.15) is 11.5 Å². The van der Waals surface area contributed by atoms with Crippen LogP contribution in [0.25, 0.3) is 22.6 Å². The number of carbonyl (C=O) groups excluding carboxylic acids is 1. The SMILES string of the molecule is Cc1cc(-c2nc3ccc(NC(=O)c4ccc(N5CCC=N5)nc4)cc3[nH]2)n(C)n1. The van der Waals surface area contributed by atoms with Gasteiger partial charge < -0.3 is 10.3 Å². The highest BCUT2D eigenvalue weighted by molar-refractivity contribution is 6.05. The summed E-state index contributed by atoms with van der Waals surface area (Å²) in [4.78, 5) is 24.9. The smallest absolute Gasteiger partial charge is 0.257 e. The molecule has 0 saturated heterocycles. The Bertz CT molecular complexity index is 1270. The van der Waals surface area contributed by atoms with Crippen LogP contribution in [0, 0.1) is 6.92 Å². The van der Waals surface area contributed by atoms with Gasteiger partial charge in [0, 0.05) is 38.1 Å². The highest BCUT2D eigenvalue weighted by Crippen LogP contribution is 2.23. The number of rotatable bonds is 4. The number of imidazole rings is 1. The number of carbonyl (C=O) groups is 1. The van der Waals surface area contributed by atoms with Crippen molar-refractivity contribution in [2.24, 2.45) is 12.1 Å². The second-order valence-corrected chi connectivity index (χ2v) is 7.18. The Morgan fingerprint density at radius 3 is 2.80 bits per heavy atom. The third-order valence-electron chi connectivity index (χ3n) is 4.95. The van der Waals surface area contributed by atoms with Crippen LogP contribution in [0.1, 0.15) is 22.5 Å². The Kier molecular flexibility index (Phi) is 4.27. The van der Waals surface area contributed by atoms with Crippen molar-refractivity contribution < 1.29 is 4.79 Å². The summed E-state index contributed by atoms with van der Waals surface area (Å²) in [5.74, 6) is 1.25. The first kappa shape index (κ1) is 18.0. The molecule has 0 unspecified atom stereocenters. The molecule has 9 heteroatoms. The molecule has 0 aliphatic carbocycles. The number of nitrogens with one attached hydrogen (secondary N) is 2. The number of aryl methyl sites for hydroxylation is 2. The summed E-state index contributed by atoms with van der Waals surface area (Å²) >= 11 is 0.